The molecule has 0 aliphatic carbocycles. The predicted molar refractivity (Wildman–Crippen MR) is 92.9 cm³/mol. The van der Waals surface area contributed by atoms with Crippen LogP contribution in [0.3, 0.4) is 0 Å². The Kier molecular flexibility index (Phi) is 6.19. The minimum absolute atomic E-state index is 0.0360. The molecule has 1 aromatic rings. The number of nitrogens with zero attached hydrogens (tertiary/aromatic N) is 1. The zero-order valence-electron chi connectivity index (χ0n) is 14.4. The van der Waals surface area contributed by atoms with E-state index in [1.807, 2.05) is 13.8 Å². The molecule has 0 radical (unpaired) electrons. The largest absolute Gasteiger partial charge is 0.392 e. The summed E-state index contributed by atoms with van der Waals surface area (Å²) in [4.78, 5) is 0. The van der Waals surface area contributed by atoms with Crippen molar-refractivity contribution in [3.05, 3.63) is 33.9 Å². The third kappa shape index (κ3) is 4.32. The first kappa shape index (κ1) is 18.4. The molecule has 0 spiro atoms. The van der Waals surface area contributed by atoms with Crippen LogP contribution in [0.4, 0.5) is 0 Å². The smallest absolute Gasteiger partial charge is 0.215 e. The number of aliphatic hydroxyl groups excluding tert-OH is 1. The molecular formula is C17H28N2O3S. The van der Waals surface area contributed by atoms with Crippen LogP contribution >= 0.6 is 0 Å². The Hall–Kier alpha value is -0.950. The molecule has 0 bridgehead atoms. The summed E-state index contributed by atoms with van der Waals surface area (Å²) in [6.45, 7) is 8.51. The molecule has 2 rings (SSSR count). The molecule has 1 aliphatic rings. The number of aryl methyl sites for hydroxylation is 2. The molecule has 0 atom stereocenters. The highest BCUT2D eigenvalue weighted by atomic mass is 32.2. The van der Waals surface area contributed by atoms with Gasteiger partial charge in [0.1, 0.15) is 0 Å². The lowest BCUT2D eigenvalue weighted by Gasteiger charge is -2.18. The van der Waals surface area contributed by atoms with E-state index in [2.05, 4.69) is 18.3 Å². The highest BCUT2D eigenvalue weighted by molar-refractivity contribution is 7.89. The Morgan fingerprint density at radius 3 is 2.35 bits per heavy atom. The van der Waals surface area contributed by atoms with Crippen LogP contribution in [0.25, 0.3) is 0 Å². The molecule has 0 aromatic heterocycles. The van der Waals surface area contributed by atoms with Gasteiger partial charge in [-0.3, -0.25) is 0 Å². The number of aliphatic hydroxyl groups is 1. The number of sulfonamides is 1. The van der Waals surface area contributed by atoms with E-state index in [4.69, 9.17) is 0 Å². The molecule has 0 amide bonds. The van der Waals surface area contributed by atoms with E-state index < -0.39 is 10.0 Å². The lowest BCUT2D eigenvalue weighted by atomic mass is 9.94. The third-order valence-corrected chi connectivity index (χ3v) is 6.62. The Morgan fingerprint density at radius 2 is 1.74 bits per heavy atom. The van der Waals surface area contributed by atoms with Crippen molar-refractivity contribution in [1.29, 1.82) is 0 Å². The van der Waals surface area contributed by atoms with Crippen LogP contribution in [0.5, 0.6) is 0 Å². The normalized spacial score (nSPS) is 16.2. The summed E-state index contributed by atoms with van der Waals surface area (Å²) in [5.74, 6) is 0.143. The van der Waals surface area contributed by atoms with Crippen molar-refractivity contribution in [1.82, 2.24) is 9.62 Å². The molecule has 2 N–H and O–H groups in total. The summed E-state index contributed by atoms with van der Waals surface area (Å²) in [6.07, 6.45) is 1.94. The lowest BCUT2D eigenvalue weighted by Crippen LogP contribution is -2.34. The molecule has 1 saturated heterocycles. The minimum Gasteiger partial charge on any atom is -0.392 e. The van der Waals surface area contributed by atoms with Crippen LogP contribution in [-0.2, 0) is 23.2 Å². The number of hydrogen-bond acceptors (Lipinski definition) is 4. The summed E-state index contributed by atoms with van der Waals surface area (Å²) in [6, 6.07) is 2.08. The molecule has 5 nitrogen and oxygen atoms in total. The SMILES string of the molecule is Cc1cc(C)c(CNCCS(=O)(=O)N2CCCC2)c(C)c1CO. The molecule has 1 aromatic carbocycles. The van der Waals surface area contributed by atoms with Gasteiger partial charge in [0.15, 0.2) is 0 Å². The van der Waals surface area contributed by atoms with Crippen molar-refractivity contribution in [3.63, 3.8) is 0 Å². The zero-order chi connectivity index (χ0) is 17.0. The van der Waals surface area contributed by atoms with E-state index in [1.165, 1.54) is 5.56 Å². The van der Waals surface area contributed by atoms with Crippen molar-refractivity contribution in [3.8, 4) is 0 Å². The highest BCUT2D eigenvalue weighted by Crippen LogP contribution is 2.22. The number of nitrogens with one attached hydrogen (secondary N) is 1. The standard InChI is InChI=1S/C17H28N2O3S/c1-13-10-14(2)17(12-20)15(3)16(13)11-18-6-9-23(21,22)19-7-4-5-8-19/h10,18,20H,4-9,11-12H2,1-3H3. The van der Waals surface area contributed by atoms with Gasteiger partial charge in [-0.15, -0.1) is 0 Å². The van der Waals surface area contributed by atoms with Crippen LogP contribution in [0.1, 0.15) is 40.7 Å². The Bertz CT molecular complexity index is 650. The van der Waals surface area contributed by atoms with Gasteiger partial charge < -0.3 is 10.4 Å². The molecule has 0 saturated carbocycles. The minimum atomic E-state index is -3.12. The van der Waals surface area contributed by atoms with Gasteiger partial charge >= 0.3 is 0 Å². The highest BCUT2D eigenvalue weighted by Gasteiger charge is 2.24. The first-order valence-electron chi connectivity index (χ1n) is 8.24. The van der Waals surface area contributed by atoms with Gasteiger partial charge in [0.25, 0.3) is 0 Å². The average Bonchev–Trinajstić information content (AvgIpc) is 3.01. The van der Waals surface area contributed by atoms with Crippen LogP contribution in [0, 0.1) is 20.8 Å². The Morgan fingerprint density at radius 1 is 1.13 bits per heavy atom. The van der Waals surface area contributed by atoms with E-state index in [0.29, 0.717) is 26.2 Å². The monoisotopic (exact) mass is 340 g/mol. The summed E-state index contributed by atoms with van der Waals surface area (Å²) in [7, 11) is -3.12. The van der Waals surface area contributed by atoms with Crippen molar-refractivity contribution in [2.75, 3.05) is 25.4 Å². The maximum Gasteiger partial charge on any atom is 0.215 e. The molecule has 1 fully saturated rings. The fraction of sp³-hybridized carbons (Fsp3) is 0.647. The summed E-state index contributed by atoms with van der Waals surface area (Å²) in [5, 5.41) is 12.8. The third-order valence-electron chi connectivity index (χ3n) is 4.75. The molecule has 23 heavy (non-hydrogen) atoms. The molecule has 1 heterocycles. The lowest BCUT2D eigenvalue weighted by molar-refractivity contribution is 0.280. The van der Waals surface area contributed by atoms with Gasteiger partial charge in [-0.25, -0.2) is 12.7 Å². The summed E-state index contributed by atoms with van der Waals surface area (Å²) >= 11 is 0. The Balaban J connectivity index is 1.94. The van der Waals surface area contributed by atoms with E-state index in [-0.39, 0.29) is 12.4 Å². The number of rotatable bonds is 7. The second-order valence-corrected chi connectivity index (χ2v) is 8.44. The second-order valence-electron chi connectivity index (χ2n) is 6.35. The quantitative estimate of drug-likeness (QED) is 0.740. The maximum atomic E-state index is 12.2. The first-order chi connectivity index (χ1) is 10.9. The van der Waals surface area contributed by atoms with E-state index in [1.54, 1.807) is 4.31 Å². The van der Waals surface area contributed by atoms with Gasteiger partial charge in [0.05, 0.1) is 12.4 Å². The fourth-order valence-corrected chi connectivity index (χ4v) is 4.77. The van der Waals surface area contributed by atoms with E-state index in [9.17, 15) is 13.5 Å². The van der Waals surface area contributed by atoms with Crippen molar-refractivity contribution < 1.29 is 13.5 Å². The molecule has 130 valence electrons. The van der Waals surface area contributed by atoms with Gasteiger partial charge in [-0.1, -0.05) is 6.07 Å². The van der Waals surface area contributed by atoms with Crippen molar-refractivity contribution in [2.45, 2.75) is 46.8 Å². The topological polar surface area (TPSA) is 69.6 Å². The van der Waals surface area contributed by atoms with Crippen molar-refractivity contribution in [2.24, 2.45) is 0 Å². The van der Waals surface area contributed by atoms with Crippen molar-refractivity contribution >= 4 is 10.0 Å². The molecule has 6 heteroatoms. The zero-order valence-corrected chi connectivity index (χ0v) is 15.2. The second kappa shape index (κ2) is 7.75. The van der Waals surface area contributed by atoms with Crippen LogP contribution < -0.4 is 5.32 Å². The van der Waals surface area contributed by atoms with E-state index >= 15 is 0 Å². The maximum absolute atomic E-state index is 12.2. The summed E-state index contributed by atoms with van der Waals surface area (Å²) in [5.41, 5.74) is 5.49. The number of benzene rings is 1. The Labute approximate surface area is 139 Å². The molecular weight excluding hydrogens is 312 g/mol. The van der Waals surface area contributed by atoms with Gasteiger partial charge in [-0.2, -0.15) is 0 Å². The van der Waals surface area contributed by atoms with Gasteiger partial charge in [0.2, 0.25) is 10.0 Å². The van der Waals surface area contributed by atoms with Crippen LogP contribution in [-0.4, -0.2) is 43.2 Å². The van der Waals surface area contributed by atoms with Crippen LogP contribution in [0.15, 0.2) is 6.07 Å². The first-order valence-corrected chi connectivity index (χ1v) is 9.85. The molecule has 1 aliphatic heterocycles. The number of hydrogen-bond donors (Lipinski definition) is 2. The van der Waals surface area contributed by atoms with Gasteiger partial charge in [-0.05, 0) is 61.4 Å². The molecule has 0 unspecified atom stereocenters. The van der Waals surface area contributed by atoms with E-state index in [0.717, 1.165) is 35.1 Å². The fourth-order valence-electron chi connectivity index (χ4n) is 3.30. The summed E-state index contributed by atoms with van der Waals surface area (Å²) < 4.78 is 26.0. The average molecular weight is 340 g/mol. The van der Waals surface area contributed by atoms with Gasteiger partial charge in [0, 0.05) is 26.2 Å². The van der Waals surface area contributed by atoms with Crippen LogP contribution in [0.2, 0.25) is 0 Å². The predicted octanol–water partition coefficient (Wildman–Crippen LogP) is 1.62.